The average molecular weight is 299 g/mol. The normalized spacial score (nSPS) is 20.2. The smallest absolute Gasteiger partial charge is 0.323 e. The molecule has 1 rings (SSSR count). The van der Waals surface area contributed by atoms with E-state index in [-0.39, 0.29) is 23.9 Å². The third-order valence-electron chi connectivity index (χ3n) is 3.74. The van der Waals surface area contributed by atoms with E-state index in [2.05, 4.69) is 11.8 Å². The third kappa shape index (κ3) is 6.46. The molecular formula is C16H29NO4. The van der Waals surface area contributed by atoms with Crippen LogP contribution in [0.15, 0.2) is 0 Å². The molecule has 21 heavy (non-hydrogen) atoms. The molecule has 1 aliphatic rings. The van der Waals surface area contributed by atoms with Crippen molar-refractivity contribution in [2.24, 2.45) is 5.92 Å². The zero-order valence-electron chi connectivity index (χ0n) is 13.6. The lowest BCUT2D eigenvalue weighted by Gasteiger charge is -2.25. The number of hydrogen-bond acceptors (Lipinski definition) is 5. The monoisotopic (exact) mass is 299 g/mol. The lowest BCUT2D eigenvalue weighted by atomic mass is 10.1. The molecule has 0 amide bonds. The van der Waals surface area contributed by atoms with E-state index in [9.17, 15) is 9.59 Å². The van der Waals surface area contributed by atoms with Gasteiger partial charge in [-0.25, -0.2) is 0 Å². The predicted octanol–water partition coefficient (Wildman–Crippen LogP) is 2.38. The molecule has 2 unspecified atom stereocenters. The zero-order chi connectivity index (χ0) is 15.7. The van der Waals surface area contributed by atoms with Gasteiger partial charge >= 0.3 is 11.9 Å². The minimum Gasteiger partial charge on any atom is -0.466 e. The van der Waals surface area contributed by atoms with Gasteiger partial charge in [0.25, 0.3) is 0 Å². The largest absolute Gasteiger partial charge is 0.466 e. The Hall–Kier alpha value is -1.10. The van der Waals surface area contributed by atoms with Gasteiger partial charge in [0.05, 0.1) is 13.2 Å². The summed E-state index contributed by atoms with van der Waals surface area (Å²) in [5.74, 6) is -0.0800. The van der Waals surface area contributed by atoms with Crippen LogP contribution in [0, 0.1) is 5.92 Å². The highest BCUT2D eigenvalue weighted by Crippen LogP contribution is 2.21. The molecule has 1 saturated heterocycles. The Morgan fingerprint density at radius 2 is 2.05 bits per heavy atom. The van der Waals surface area contributed by atoms with Crippen molar-refractivity contribution in [1.29, 1.82) is 0 Å². The number of carbonyl (C=O) groups excluding carboxylic acids is 2. The van der Waals surface area contributed by atoms with Crippen molar-refractivity contribution in [2.45, 2.75) is 58.9 Å². The first kappa shape index (κ1) is 18.0. The molecule has 1 heterocycles. The molecular weight excluding hydrogens is 270 g/mol. The first-order valence-electron chi connectivity index (χ1n) is 8.14. The quantitative estimate of drug-likeness (QED) is 0.483. The van der Waals surface area contributed by atoms with Crippen LogP contribution < -0.4 is 0 Å². The highest BCUT2D eigenvalue weighted by molar-refractivity contribution is 5.76. The number of unbranched alkanes of at least 4 members (excludes halogenated alkanes) is 1. The fraction of sp³-hybridized carbons (Fsp3) is 0.875. The molecule has 0 aromatic rings. The summed E-state index contributed by atoms with van der Waals surface area (Å²) in [5.41, 5.74) is 0. The molecule has 0 bridgehead atoms. The van der Waals surface area contributed by atoms with Crippen molar-refractivity contribution in [1.82, 2.24) is 4.90 Å². The summed E-state index contributed by atoms with van der Waals surface area (Å²) < 4.78 is 10.3. The van der Waals surface area contributed by atoms with Crippen molar-refractivity contribution in [2.75, 3.05) is 26.3 Å². The molecule has 2 atom stereocenters. The van der Waals surface area contributed by atoms with Gasteiger partial charge < -0.3 is 9.47 Å². The van der Waals surface area contributed by atoms with Crippen LogP contribution in [0.2, 0.25) is 0 Å². The Balaban J connectivity index is 2.38. The molecule has 0 N–H and O–H groups in total. The number of likely N-dealkylation sites (tertiary alicyclic amines) is 1. The van der Waals surface area contributed by atoms with E-state index in [1.807, 2.05) is 13.8 Å². The van der Waals surface area contributed by atoms with Crippen LogP contribution in [-0.4, -0.2) is 49.2 Å². The lowest BCUT2D eigenvalue weighted by molar-refractivity contribution is -0.149. The van der Waals surface area contributed by atoms with Gasteiger partial charge in [0, 0.05) is 13.0 Å². The van der Waals surface area contributed by atoms with Crippen LogP contribution in [0.25, 0.3) is 0 Å². The molecule has 0 aliphatic carbocycles. The summed E-state index contributed by atoms with van der Waals surface area (Å²) >= 11 is 0. The maximum atomic E-state index is 12.1. The summed E-state index contributed by atoms with van der Waals surface area (Å²) in [7, 11) is 0. The Bertz CT molecular complexity index is 332. The van der Waals surface area contributed by atoms with Crippen LogP contribution in [-0.2, 0) is 19.1 Å². The summed E-state index contributed by atoms with van der Waals surface area (Å²) in [6.07, 6.45) is 4.22. The minimum atomic E-state index is -0.161. The van der Waals surface area contributed by atoms with Gasteiger partial charge in [0.1, 0.15) is 6.04 Å². The fourth-order valence-electron chi connectivity index (χ4n) is 2.69. The zero-order valence-corrected chi connectivity index (χ0v) is 13.6. The van der Waals surface area contributed by atoms with Gasteiger partial charge in [0.2, 0.25) is 0 Å². The minimum absolute atomic E-state index is 0.107. The third-order valence-corrected chi connectivity index (χ3v) is 3.74. The summed E-state index contributed by atoms with van der Waals surface area (Å²) in [4.78, 5) is 25.7. The second-order valence-electron chi connectivity index (χ2n) is 5.79. The Kier molecular flexibility index (Phi) is 8.35. The Labute approximate surface area is 128 Å². The van der Waals surface area contributed by atoms with E-state index in [1.165, 1.54) is 0 Å². The Morgan fingerprint density at radius 3 is 2.71 bits per heavy atom. The first-order valence-corrected chi connectivity index (χ1v) is 8.14. The van der Waals surface area contributed by atoms with Crippen LogP contribution in [0.5, 0.6) is 0 Å². The number of hydrogen-bond donors (Lipinski definition) is 0. The van der Waals surface area contributed by atoms with Crippen LogP contribution in [0.1, 0.15) is 52.9 Å². The lowest BCUT2D eigenvalue weighted by Crippen LogP contribution is -2.40. The van der Waals surface area contributed by atoms with E-state index in [0.717, 1.165) is 38.8 Å². The van der Waals surface area contributed by atoms with Gasteiger partial charge in [-0.2, -0.15) is 0 Å². The molecule has 0 aromatic carbocycles. The molecule has 0 spiro atoms. The standard InChI is InChI=1S/C16H29NO4/c1-4-6-10-21-16(19)14-8-7-9-17(14)12-13(3)11-15(18)20-5-2/h13-14H,4-12H2,1-3H3. The van der Waals surface area contributed by atoms with Crippen LogP contribution in [0.4, 0.5) is 0 Å². The predicted molar refractivity (Wildman–Crippen MR) is 80.9 cm³/mol. The van der Waals surface area contributed by atoms with Crippen molar-refractivity contribution >= 4 is 11.9 Å². The molecule has 0 radical (unpaired) electrons. The fourth-order valence-corrected chi connectivity index (χ4v) is 2.69. The highest BCUT2D eigenvalue weighted by Gasteiger charge is 2.32. The van der Waals surface area contributed by atoms with E-state index in [4.69, 9.17) is 9.47 Å². The summed E-state index contributed by atoms with van der Waals surface area (Å²) in [5, 5.41) is 0. The summed E-state index contributed by atoms with van der Waals surface area (Å²) in [6, 6.07) is -0.133. The number of nitrogens with zero attached hydrogens (tertiary/aromatic N) is 1. The molecule has 0 saturated carbocycles. The SMILES string of the molecule is CCCCOC(=O)C1CCCN1CC(C)CC(=O)OCC. The van der Waals surface area contributed by atoms with Gasteiger partial charge in [-0.3, -0.25) is 14.5 Å². The molecule has 122 valence electrons. The van der Waals surface area contributed by atoms with Gasteiger partial charge in [-0.1, -0.05) is 20.3 Å². The Morgan fingerprint density at radius 1 is 1.29 bits per heavy atom. The van der Waals surface area contributed by atoms with E-state index < -0.39 is 0 Å². The molecule has 5 nitrogen and oxygen atoms in total. The van der Waals surface area contributed by atoms with E-state index in [0.29, 0.717) is 19.6 Å². The average Bonchev–Trinajstić information content (AvgIpc) is 2.87. The maximum absolute atomic E-state index is 12.1. The van der Waals surface area contributed by atoms with E-state index in [1.54, 1.807) is 0 Å². The molecule has 1 fully saturated rings. The first-order chi connectivity index (χ1) is 10.1. The van der Waals surface area contributed by atoms with Crippen LogP contribution >= 0.6 is 0 Å². The topological polar surface area (TPSA) is 55.8 Å². The van der Waals surface area contributed by atoms with Crippen molar-refractivity contribution in [3.63, 3.8) is 0 Å². The van der Waals surface area contributed by atoms with Gasteiger partial charge in [-0.05, 0) is 38.6 Å². The molecule has 0 aromatic heterocycles. The summed E-state index contributed by atoms with van der Waals surface area (Å²) in [6.45, 7) is 8.49. The van der Waals surface area contributed by atoms with Crippen molar-refractivity contribution < 1.29 is 19.1 Å². The van der Waals surface area contributed by atoms with Crippen molar-refractivity contribution in [3.8, 4) is 0 Å². The molecule has 1 aliphatic heterocycles. The number of esters is 2. The van der Waals surface area contributed by atoms with Gasteiger partial charge in [-0.15, -0.1) is 0 Å². The second kappa shape index (κ2) is 9.77. The van der Waals surface area contributed by atoms with Crippen LogP contribution in [0.3, 0.4) is 0 Å². The highest BCUT2D eigenvalue weighted by atomic mass is 16.5. The second-order valence-corrected chi connectivity index (χ2v) is 5.79. The maximum Gasteiger partial charge on any atom is 0.323 e. The van der Waals surface area contributed by atoms with Crippen molar-refractivity contribution in [3.05, 3.63) is 0 Å². The number of ether oxygens (including phenoxy) is 2. The van der Waals surface area contributed by atoms with E-state index >= 15 is 0 Å². The molecule has 5 heteroatoms. The van der Waals surface area contributed by atoms with Gasteiger partial charge in [0.15, 0.2) is 0 Å². The number of rotatable bonds is 9. The number of carbonyl (C=O) groups is 2.